The second-order valence-corrected chi connectivity index (χ2v) is 10.1. The average Bonchev–Trinajstić information content (AvgIpc) is 2.96. The first-order chi connectivity index (χ1) is 19.2. The first-order valence-corrected chi connectivity index (χ1v) is 13.9. The minimum atomic E-state index is -0.508. The van der Waals surface area contributed by atoms with E-state index in [9.17, 15) is 14.0 Å². The fourth-order valence-corrected chi connectivity index (χ4v) is 4.50. The van der Waals surface area contributed by atoms with E-state index in [1.54, 1.807) is 26.1 Å². The predicted molar refractivity (Wildman–Crippen MR) is 159 cm³/mol. The summed E-state index contributed by atoms with van der Waals surface area (Å²) >= 11 is 0. The van der Waals surface area contributed by atoms with Gasteiger partial charge in [0.1, 0.15) is 11.6 Å². The molecule has 8 heteroatoms. The molecule has 0 aliphatic heterocycles. The van der Waals surface area contributed by atoms with Gasteiger partial charge in [0.15, 0.2) is 0 Å². The molecule has 0 aliphatic carbocycles. The summed E-state index contributed by atoms with van der Waals surface area (Å²) in [5.41, 5.74) is 9.41. The zero-order valence-corrected chi connectivity index (χ0v) is 23.7. The van der Waals surface area contributed by atoms with E-state index in [1.165, 1.54) is 24.3 Å². The number of nitrogens with one attached hydrogen (secondary N) is 3. The highest BCUT2D eigenvalue weighted by atomic mass is 19.1. The molecule has 0 saturated heterocycles. The van der Waals surface area contributed by atoms with Crippen molar-refractivity contribution in [2.75, 3.05) is 17.7 Å². The molecule has 214 valence electrons. The summed E-state index contributed by atoms with van der Waals surface area (Å²) in [6.45, 7) is 5.93. The SMILES string of the molecule is CCC(CC)Oc1cc(NC)cc(C(=O)N[C@@H](Cc2ccccc2)[C@@H](N)C[C@@H](C)C(=O)Nc2ccc(F)cc2)c1. The highest BCUT2D eigenvalue weighted by Gasteiger charge is 2.26. The van der Waals surface area contributed by atoms with Gasteiger partial charge in [-0.05, 0) is 67.6 Å². The van der Waals surface area contributed by atoms with Gasteiger partial charge in [-0.2, -0.15) is 0 Å². The van der Waals surface area contributed by atoms with Crippen LogP contribution in [0.1, 0.15) is 56.0 Å². The van der Waals surface area contributed by atoms with Gasteiger partial charge in [0, 0.05) is 48.1 Å². The highest BCUT2D eigenvalue weighted by Crippen LogP contribution is 2.24. The molecule has 0 aliphatic rings. The largest absolute Gasteiger partial charge is 0.490 e. The third kappa shape index (κ3) is 9.09. The minimum Gasteiger partial charge on any atom is -0.490 e. The summed E-state index contributed by atoms with van der Waals surface area (Å²) in [5, 5.41) is 9.02. The number of hydrogen-bond donors (Lipinski definition) is 4. The molecule has 3 atom stereocenters. The molecule has 0 unspecified atom stereocenters. The van der Waals surface area contributed by atoms with Crippen molar-refractivity contribution in [3.63, 3.8) is 0 Å². The second kappa shape index (κ2) is 15.0. The zero-order chi connectivity index (χ0) is 29.1. The van der Waals surface area contributed by atoms with Crippen LogP contribution in [0, 0.1) is 11.7 Å². The van der Waals surface area contributed by atoms with Crippen LogP contribution in [-0.2, 0) is 11.2 Å². The van der Waals surface area contributed by atoms with Crippen LogP contribution in [0.25, 0.3) is 0 Å². The Morgan fingerprint density at radius 3 is 2.25 bits per heavy atom. The van der Waals surface area contributed by atoms with E-state index in [4.69, 9.17) is 10.5 Å². The molecule has 2 amide bonds. The maximum absolute atomic E-state index is 13.5. The molecule has 0 heterocycles. The summed E-state index contributed by atoms with van der Waals surface area (Å²) < 4.78 is 19.3. The standard InChI is InChI=1S/C32H41FN4O3/c1-5-27(6-2)40-28-19-23(18-26(20-28)35-4)32(39)37-30(17-22-10-8-7-9-11-22)29(34)16-21(3)31(38)36-25-14-12-24(33)13-15-25/h7-15,18-21,27,29-30,35H,5-6,16-17,34H2,1-4H3,(H,36,38)(H,37,39)/t21-,29+,30+/m1/s1. The number of hydrogen-bond acceptors (Lipinski definition) is 5. The molecule has 3 aromatic rings. The van der Waals surface area contributed by atoms with Gasteiger partial charge in [0.2, 0.25) is 5.91 Å². The molecule has 0 bridgehead atoms. The first kappa shape index (κ1) is 30.6. The minimum absolute atomic E-state index is 0.0600. The predicted octanol–water partition coefficient (Wildman–Crippen LogP) is 5.77. The van der Waals surface area contributed by atoms with E-state index >= 15 is 0 Å². The van der Waals surface area contributed by atoms with Crippen molar-refractivity contribution >= 4 is 23.2 Å². The Balaban J connectivity index is 1.77. The molecule has 40 heavy (non-hydrogen) atoms. The molecule has 0 fully saturated rings. The van der Waals surface area contributed by atoms with Crippen molar-refractivity contribution < 1.29 is 18.7 Å². The Morgan fingerprint density at radius 2 is 1.62 bits per heavy atom. The topological polar surface area (TPSA) is 105 Å². The third-order valence-electron chi connectivity index (χ3n) is 6.99. The van der Waals surface area contributed by atoms with Crippen molar-refractivity contribution in [3.8, 4) is 5.75 Å². The van der Waals surface area contributed by atoms with Gasteiger partial charge in [0.05, 0.1) is 6.10 Å². The summed E-state index contributed by atoms with van der Waals surface area (Å²) in [6.07, 6.45) is 2.63. The number of anilines is 2. The van der Waals surface area contributed by atoms with Crippen LogP contribution in [0.5, 0.6) is 5.75 Å². The van der Waals surface area contributed by atoms with Crippen LogP contribution < -0.4 is 26.4 Å². The lowest BCUT2D eigenvalue weighted by Gasteiger charge is -2.27. The maximum atomic E-state index is 13.5. The molecule has 3 aromatic carbocycles. The number of carbonyl (C=O) groups is 2. The van der Waals surface area contributed by atoms with Crippen LogP contribution in [0.4, 0.5) is 15.8 Å². The number of rotatable bonds is 14. The Morgan fingerprint density at radius 1 is 0.950 bits per heavy atom. The fraction of sp³-hybridized carbons (Fsp3) is 0.375. The lowest BCUT2D eigenvalue weighted by molar-refractivity contribution is -0.119. The summed E-state index contributed by atoms with van der Waals surface area (Å²) in [5.74, 6) is -0.686. The summed E-state index contributed by atoms with van der Waals surface area (Å²) in [7, 11) is 1.80. The highest BCUT2D eigenvalue weighted by molar-refractivity contribution is 5.96. The van der Waals surface area contributed by atoms with Crippen LogP contribution >= 0.6 is 0 Å². The van der Waals surface area contributed by atoms with Crippen molar-refractivity contribution in [2.24, 2.45) is 11.7 Å². The number of nitrogens with two attached hydrogens (primary N) is 1. The lowest BCUT2D eigenvalue weighted by Crippen LogP contribution is -2.50. The lowest BCUT2D eigenvalue weighted by atomic mass is 9.92. The van der Waals surface area contributed by atoms with E-state index in [0.29, 0.717) is 29.8 Å². The Bertz CT molecular complexity index is 1230. The van der Waals surface area contributed by atoms with Gasteiger partial charge in [-0.25, -0.2) is 4.39 Å². The summed E-state index contributed by atoms with van der Waals surface area (Å²) in [6, 6.07) is 19.9. The Labute approximate surface area is 236 Å². The smallest absolute Gasteiger partial charge is 0.251 e. The van der Waals surface area contributed by atoms with Crippen molar-refractivity contribution in [1.82, 2.24) is 5.32 Å². The monoisotopic (exact) mass is 548 g/mol. The molecule has 0 saturated carbocycles. The number of carbonyl (C=O) groups excluding carboxylic acids is 2. The second-order valence-electron chi connectivity index (χ2n) is 10.1. The molecular formula is C32H41FN4O3. The van der Waals surface area contributed by atoms with Gasteiger partial charge < -0.3 is 26.4 Å². The van der Waals surface area contributed by atoms with Gasteiger partial charge >= 0.3 is 0 Å². The van der Waals surface area contributed by atoms with E-state index in [1.807, 2.05) is 36.4 Å². The van der Waals surface area contributed by atoms with Gasteiger partial charge in [0.25, 0.3) is 5.91 Å². The van der Waals surface area contributed by atoms with Crippen molar-refractivity contribution in [1.29, 1.82) is 0 Å². The van der Waals surface area contributed by atoms with E-state index in [2.05, 4.69) is 29.8 Å². The summed E-state index contributed by atoms with van der Waals surface area (Å²) in [4.78, 5) is 26.4. The van der Waals surface area contributed by atoms with E-state index in [0.717, 1.165) is 24.1 Å². The molecule has 7 nitrogen and oxygen atoms in total. The Kier molecular flexibility index (Phi) is 11.5. The van der Waals surface area contributed by atoms with Crippen LogP contribution in [-0.4, -0.2) is 37.0 Å². The molecule has 0 spiro atoms. The van der Waals surface area contributed by atoms with E-state index in [-0.39, 0.29) is 23.7 Å². The van der Waals surface area contributed by atoms with Gasteiger partial charge in [-0.1, -0.05) is 51.1 Å². The van der Waals surface area contributed by atoms with E-state index < -0.39 is 18.0 Å². The Hall–Kier alpha value is -3.91. The normalized spacial score (nSPS) is 13.3. The maximum Gasteiger partial charge on any atom is 0.251 e. The number of halogens is 1. The molecule has 3 rings (SSSR count). The van der Waals surface area contributed by atoms with Crippen molar-refractivity contribution in [2.45, 2.75) is 64.6 Å². The molecular weight excluding hydrogens is 507 g/mol. The van der Waals surface area contributed by atoms with Crippen LogP contribution in [0.2, 0.25) is 0 Å². The van der Waals surface area contributed by atoms with Gasteiger partial charge in [-0.3, -0.25) is 9.59 Å². The third-order valence-corrected chi connectivity index (χ3v) is 6.99. The molecule has 0 radical (unpaired) electrons. The van der Waals surface area contributed by atoms with Gasteiger partial charge in [-0.15, -0.1) is 0 Å². The van der Waals surface area contributed by atoms with Crippen LogP contribution in [0.15, 0.2) is 72.8 Å². The quantitative estimate of drug-likeness (QED) is 0.205. The average molecular weight is 549 g/mol. The number of amides is 2. The molecule has 5 N–H and O–H groups in total. The zero-order valence-electron chi connectivity index (χ0n) is 23.7. The van der Waals surface area contributed by atoms with Crippen LogP contribution in [0.3, 0.4) is 0 Å². The van der Waals surface area contributed by atoms with Crippen molar-refractivity contribution in [3.05, 3.63) is 89.7 Å². The first-order valence-electron chi connectivity index (χ1n) is 13.9. The number of benzene rings is 3. The number of ether oxygens (including phenoxy) is 1. The fourth-order valence-electron chi connectivity index (χ4n) is 4.50. The molecule has 0 aromatic heterocycles.